The average molecular weight is 280 g/mol. The molecule has 2 N–H and O–H groups in total. The third-order valence-corrected chi connectivity index (χ3v) is 3.53. The maximum Gasteiger partial charge on any atom is 0.393 e. The Kier molecular flexibility index (Phi) is 5.24. The second-order valence-corrected chi connectivity index (χ2v) is 5.90. The van der Waals surface area contributed by atoms with Gasteiger partial charge in [0.15, 0.2) is 0 Å². The van der Waals surface area contributed by atoms with E-state index in [1.165, 1.54) is 0 Å². The van der Waals surface area contributed by atoms with Crippen LogP contribution in [0, 0.1) is 5.92 Å². The van der Waals surface area contributed by atoms with E-state index in [1.807, 2.05) is 20.8 Å². The Bertz CT molecular complexity index is 308. The summed E-state index contributed by atoms with van der Waals surface area (Å²) >= 11 is 0. The predicted octanol–water partition coefficient (Wildman–Crippen LogP) is 2.61. The highest BCUT2D eigenvalue weighted by Gasteiger charge is 2.42. The highest BCUT2D eigenvalue weighted by atomic mass is 19.4. The van der Waals surface area contributed by atoms with Crippen molar-refractivity contribution in [2.75, 3.05) is 6.54 Å². The van der Waals surface area contributed by atoms with E-state index >= 15 is 0 Å². The molecule has 2 unspecified atom stereocenters. The van der Waals surface area contributed by atoms with Gasteiger partial charge in [0, 0.05) is 12.1 Å². The van der Waals surface area contributed by atoms with Crippen LogP contribution in [0.5, 0.6) is 0 Å². The number of hydrogen-bond donors (Lipinski definition) is 2. The minimum Gasteiger partial charge on any atom is -0.350 e. The van der Waals surface area contributed by atoms with E-state index < -0.39 is 18.1 Å². The van der Waals surface area contributed by atoms with E-state index in [-0.39, 0.29) is 30.8 Å². The molecule has 1 rings (SSSR count). The van der Waals surface area contributed by atoms with Crippen molar-refractivity contribution in [3.05, 3.63) is 0 Å². The predicted molar refractivity (Wildman–Crippen MR) is 67.7 cm³/mol. The lowest BCUT2D eigenvalue weighted by molar-refractivity contribution is -0.180. The van der Waals surface area contributed by atoms with Crippen LogP contribution in [-0.2, 0) is 4.79 Å². The van der Waals surface area contributed by atoms with Crippen molar-refractivity contribution in [3.63, 3.8) is 0 Å². The molecule has 0 aromatic rings. The molecule has 1 aliphatic rings. The Labute approximate surface area is 112 Å². The van der Waals surface area contributed by atoms with Gasteiger partial charge in [-0.05, 0) is 33.1 Å². The van der Waals surface area contributed by atoms with Crippen molar-refractivity contribution in [1.29, 1.82) is 0 Å². The van der Waals surface area contributed by atoms with Gasteiger partial charge in [0.25, 0.3) is 0 Å². The lowest BCUT2D eigenvalue weighted by atomic mass is 9.92. The van der Waals surface area contributed by atoms with Gasteiger partial charge in [0.2, 0.25) is 5.91 Å². The molecular formula is C13H23F3N2O. The summed E-state index contributed by atoms with van der Waals surface area (Å²) < 4.78 is 37.5. The number of amides is 1. The highest BCUT2D eigenvalue weighted by Crippen LogP contribution is 2.32. The van der Waals surface area contributed by atoms with Gasteiger partial charge >= 0.3 is 6.18 Å². The number of hydrogen-bond acceptors (Lipinski definition) is 2. The van der Waals surface area contributed by atoms with Crippen molar-refractivity contribution in [3.8, 4) is 0 Å². The van der Waals surface area contributed by atoms with E-state index in [0.29, 0.717) is 0 Å². The first-order valence-corrected chi connectivity index (χ1v) is 6.78. The summed E-state index contributed by atoms with van der Waals surface area (Å²) in [5.41, 5.74) is -0.311. The number of carbonyl (C=O) groups excluding carboxylic acids is 1. The zero-order chi connectivity index (χ0) is 14.7. The molecular weight excluding hydrogens is 257 g/mol. The van der Waals surface area contributed by atoms with Gasteiger partial charge in [-0.15, -0.1) is 0 Å². The molecule has 1 heterocycles. The molecule has 2 atom stereocenters. The van der Waals surface area contributed by atoms with Crippen LogP contribution in [0.25, 0.3) is 0 Å². The lowest BCUT2D eigenvalue weighted by Crippen LogP contribution is -2.55. The molecule has 1 fully saturated rings. The van der Waals surface area contributed by atoms with Gasteiger partial charge in [-0.2, -0.15) is 13.2 Å². The molecule has 0 saturated carbocycles. The van der Waals surface area contributed by atoms with Crippen LogP contribution in [0.3, 0.4) is 0 Å². The minimum atomic E-state index is -4.17. The van der Waals surface area contributed by atoms with Gasteiger partial charge in [0.1, 0.15) is 0 Å². The van der Waals surface area contributed by atoms with Crippen LogP contribution in [-0.4, -0.2) is 30.2 Å². The summed E-state index contributed by atoms with van der Waals surface area (Å²) in [5.74, 6) is -1.53. The van der Waals surface area contributed by atoms with Crippen LogP contribution in [0.1, 0.15) is 46.5 Å². The molecule has 112 valence electrons. The lowest BCUT2D eigenvalue weighted by Gasteiger charge is -2.33. The summed E-state index contributed by atoms with van der Waals surface area (Å²) in [7, 11) is 0. The highest BCUT2D eigenvalue weighted by molar-refractivity contribution is 5.82. The second-order valence-electron chi connectivity index (χ2n) is 5.90. The molecule has 19 heavy (non-hydrogen) atoms. The smallest absolute Gasteiger partial charge is 0.350 e. The largest absolute Gasteiger partial charge is 0.393 e. The average Bonchev–Trinajstić information content (AvgIpc) is 2.27. The first-order valence-electron chi connectivity index (χ1n) is 6.78. The number of nitrogens with one attached hydrogen (secondary N) is 2. The van der Waals surface area contributed by atoms with Crippen molar-refractivity contribution < 1.29 is 18.0 Å². The third kappa shape index (κ3) is 5.01. The molecule has 1 saturated heterocycles. The Morgan fingerprint density at radius 3 is 2.37 bits per heavy atom. The van der Waals surface area contributed by atoms with Crippen LogP contribution in [0.2, 0.25) is 0 Å². The number of carbonyl (C=O) groups is 1. The van der Waals surface area contributed by atoms with Crippen LogP contribution >= 0.6 is 0 Å². The Hall–Kier alpha value is -0.780. The zero-order valence-corrected chi connectivity index (χ0v) is 11.7. The monoisotopic (exact) mass is 280 g/mol. The SMILES string of the molecule is CCCC(C)(C)NC(=O)C1CCC(C(F)(F)F)CN1. The number of rotatable bonds is 4. The van der Waals surface area contributed by atoms with E-state index in [4.69, 9.17) is 0 Å². The van der Waals surface area contributed by atoms with Gasteiger partial charge in [-0.3, -0.25) is 4.79 Å². The summed E-state index contributed by atoms with van der Waals surface area (Å²) in [6, 6.07) is -0.505. The van der Waals surface area contributed by atoms with Gasteiger partial charge in [-0.25, -0.2) is 0 Å². The standard InChI is InChI=1S/C13H23F3N2O/c1-4-7-12(2,3)18-11(19)10-6-5-9(8-17-10)13(14,15)16/h9-10,17H,4-8H2,1-3H3,(H,18,19). The van der Waals surface area contributed by atoms with Crippen LogP contribution in [0.15, 0.2) is 0 Å². The van der Waals surface area contributed by atoms with E-state index in [0.717, 1.165) is 12.8 Å². The summed E-state index contributed by atoms with van der Waals surface area (Å²) in [5, 5.41) is 5.61. The fourth-order valence-corrected chi connectivity index (χ4v) is 2.47. The molecule has 0 aliphatic carbocycles. The molecule has 0 bridgehead atoms. The number of piperidine rings is 1. The van der Waals surface area contributed by atoms with E-state index in [1.54, 1.807) is 0 Å². The summed E-state index contributed by atoms with van der Waals surface area (Å²) in [6.45, 7) is 5.71. The minimum absolute atomic E-state index is 0.0167. The van der Waals surface area contributed by atoms with E-state index in [9.17, 15) is 18.0 Å². The Morgan fingerprint density at radius 1 is 1.32 bits per heavy atom. The molecule has 0 aromatic carbocycles. The normalized spacial score (nSPS) is 25.2. The second kappa shape index (κ2) is 6.11. The number of alkyl halides is 3. The van der Waals surface area contributed by atoms with Gasteiger partial charge < -0.3 is 10.6 Å². The van der Waals surface area contributed by atoms with Crippen molar-refractivity contribution in [2.45, 2.75) is 64.2 Å². The van der Waals surface area contributed by atoms with Crippen molar-refractivity contribution >= 4 is 5.91 Å². The van der Waals surface area contributed by atoms with Crippen molar-refractivity contribution in [2.24, 2.45) is 5.92 Å². The molecule has 1 amide bonds. The maximum atomic E-state index is 12.5. The van der Waals surface area contributed by atoms with Crippen molar-refractivity contribution in [1.82, 2.24) is 10.6 Å². The zero-order valence-electron chi connectivity index (χ0n) is 11.7. The fourth-order valence-electron chi connectivity index (χ4n) is 2.47. The first kappa shape index (κ1) is 16.3. The maximum absolute atomic E-state index is 12.5. The molecule has 1 aliphatic heterocycles. The molecule has 3 nitrogen and oxygen atoms in total. The molecule has 0 aromatic heterocycles. The fraction of sp³-hybridized carbons (Fsp3) is 0.923. The Balaban J connectivity index is 2.45. The van der Waals surface area contributed by atoms with Gasteiger partial charge in [-0.1, -0.05) is 13.3 Å². The Morgan fingerprint density at radius 2 is 1.95 bits per heavy atom. The molecule has 0 radical (unpaired) electrons. The number of halogens is 3. The topological polar surface area (TPSA) is 41.1 Å². The third-order valence-electron chi connectivity index (χ3n) is 3.53. The summed E-state index contributed by atoms with van der Waals surface area (Å²) in [6.07, 6.45) is -2.13. The van der Waals surface area contributed by atoms with E-state index in [2.05, 4.69) is 10.6 Å². The quantitative estimate of drug-likeness (QED) is 0.831. The molecule has 0 spiro atoms. The van der Waals surface area contributed by atoms with Crippen LogP contribution < -0.4 is 10.6 Å². The molecule has 6 heteroatoms. The van der Waals surface area contributed by atoms with Crippen LogP contribution in [0.4, 0.5) is 13.2 Å². The first-order chi connectivity index (χ1) is 8.65. The van der Waals surface area contributed by atoms with Gasteiger partial charge in [0.05, 0.1) is 12.0 Å². The summed E-state index contributed by atoms with van der Waals surface area (Å²) in [4.78, 5) is 12.0.